The first-order valence-corrected chi connectivity index (χ1v) is 11.0. The van der Waals surface area contributed by atoms with Crippen LogP contribution in [0.3, 0.4) is 0 Å². The zero-order chi connectivity index (χ0) is 21.3. The van der Waals surface area contributed by atoms with Gasteiger partial charge < -0.3 is 10.1 Å². The van der Waals surface area contributed by atoms with Crippen LogP contribution in [-0.4, -0.2) is 41.7 Å². The van der Waals surface area contributed by atoms with Crippen molar-refractivity contribution in [2.24, 2.45) is 5.92 Å². The van der Waals surface area contributed by atoms with Crippen molar-refractivity contribution < 1.29 is 9.53 Å². The van der Waals surface area contributed by atoms with Gasteiger partial charge in [-0.1, -0.05) is 56.3 Å². The first kappa shape index (κ1) is 22.2. The number of piperidine rings is 1. The maximum Gasteiger partial charge on any atom is 0.261 e. The third-order valence-electron chi connectivity index (χ3n) is 5.10. The number of para-hydroxylation sites is 1. The van der Waals surface area contributed by atoms with Crippen molar-refractivity contribution in [2.45, 2.75) is 39.3 Å². The Kier molecular flexibility index (Phi) is 8.22. The summed E-state index contributed by atoms with van der Waals surface area (Å²) in [4.78, 5) is 15.1. The Morgan fingerprint density at radius 3 is 2.47 bits per heavy atom. The van der Waals surface area contributed by atoms with Gasteiger partial charge in [-0.05, 0) is 48.7 Å². The third-order valence-corrected chi connectivity index (χ3v) is 5.32. The quantitative estimate of drug-likeness (QED) is 0.657. The number of carbonyl (C=O) groups excluding carboxylic acids is 1. The van der Waals surface area contributed by atoms with E-state index in [4.69, 9.17) is 17.0 Å². The molecule has 5 nitrogen and oxygen atoms in total. The number of benzene rings is 2. The van der Waals surface area contributed by atoms with Crippen LogP contribution >= 0.6 is 12.2 Å². The highest BCUT2D eigenvalue weighted by atomic mass is 32.1. The lowest BCUT2D eigenvalue weighted by Gasteiger charge is -2.32. The fourth-order valence-corrected chi connectivity index (χ4v) is 3.76. The summed E-state index contributed by atoms with van der Waals surface area (Å²) in [7, 11) is 0. The van der Waals surface area contributed by atoms with E-state index in [9.17, 15) is 4.79 Å². The smallest absolute Gasteiger partial charge is 0.261 e. The zero-order valence-corrected chi connectivity index (χ0v) is 18.6. The normalized spacial score (nSPS) is 15.0. The van der Waals surface area contributed by atoms with Gasteiger partial charge in [-0.3, -0.25) is 15.0 Å². The van der Waals surface area contributed by atoms with Gasteiger partial charge in [0.2, 0.25) is 0 Å². The predicted octanol–water partition coefficient (Wildman–Crippen LogP) is 3.99. The number of thiocarbonyl (C=S) groups is 1. The minimum absolute atomic E-state index is 0.242. The lowest BCUT2D eigenvalue weighted by molar-refractivity contribution is 0.0971. The molecule has 0 spiro atoms. The predicted molar refractivity (Wildman–Crippen MR) is 125 cm³/mol. The Hall–Kier alpha value is -2.44. The van der Waals surface area contributed by atoms with Gasteiger partial charge in [-0.2, -0.15) is 0 Å². The average molecular weight is 426 g/mol. The summed E-state index contributed by atoms with van der Waals surface area (Å²) in [5.74, 6) is 0.728. The summed E-state index contributed by atoms with van der Waals surface area (Å²) in [5.41, 5.74) is 1.84. The zero-order valence-electron chi connectivity index (χ0n) is 17.8. The molecule has 30 heavy (non-hydrogen) atoms. The number of hydrogen-bond donors (Lipinski definition) is 2. The van der Waals surface area contributed by atoms with Crippen molar-refractivity contribution in [3.05, 3.63) is 65.7 Å². The van der Waals surface area contributed by atoms with Crippen molar-refractivity contribution in [2.75, 3.05) is 19.7 Å². The summed E-state index contributed by atoms with van der Waals surface area (Å²) >= 11 is 5.40. The van der Waals surface area contributed by atoms with Gasteiger partial charge in [-0.25, -0.2) is 0 Å². The second-order valence-electron chi connectivity index (χ2n) is 8.16. The highest BCUT2D eigenvalue weighted by Crippen LogP contribution is 2.19. The molecule has 0 aliphatic carbocycles. The van der Waals surface area contributed by atoms with Crippen LogP contribution in [0.25, 0.3) is 0 Å². The lowest BCUT2D eigenvalue weighted by Crippen LogP contribution is -2.48. The van der Waals surface area contributed by atoms with Crippen LogP contribution in [0.4, 0.5) is 0 Å². The second kappa shape index (κ2) is 11.1. The molecule has 0 saturated carbocycles. The van der Waals surface area contributed by atoms with Crippen LogP contribution < -0.4 is 15.4 Å². The van der Waals surface area contributed by atoms with Crippen LogP contribution in [0.1, 0.15) is 42.6 Å². The molecule has 0 aromatic heterocycles. The van der Waals surface area contributed by atoms with Gasteiger partial charge in [0.1, 0.15) is 5.75 Å². The molecule has 0 bridgehead atoms. The van der Waals surface area contributed by atoms with E-state index in [0.717, 1.165) is 32.5 Å². The maximum absolute atomic E-state index is 12.7. The maximum atomic E-state index is 12.7. The first-order chi connectivity index (χ1) is 14.5. The summed E-state index contributed by atoms with van der Waals surface area (Å²) in [6.07, 6.45) is 1.99. The van der Waals surface area contributed by atoms with Crippen LogP contribution in [0, 0.1) is 5.92 Å². The minimum atomic E-state index is -0.242. The van der Waals surface area contributed by atoms with Gasteiger partial charge in [0, 0.05) is 25.7 Å². The van der Waals surface area contributed by atoms with E-state index in [0.29, 0.717) is 29.0 Å². The first-order valence-electron chi connectivity index (χ1n) is 10.6. The van der Waals surface area contributed by atoms with Crippen LogP contribution in [-0.2, 0) is 6.54 Å². The largest absolute Gasteiger partial charge is 0.492 e. The van der Waals surface area contributed by atoms with E-state index >= 15 is 0 Å². The fourth-order valence-electron chi connectivity index (χ4n) is 3.51. The highest BCUT2D eigenvalue weighted by molar-refractivity contribution is 7.80. The Labute approximate surface area is 184 Å². The van der Waals surface area contributed by atoms with E-state index in [2.05, 4.69) is 53.6 Å². The lowest BCUT2D eigenvalue weighted by atomic mass is 10.0. The van der Waals surface area contributed by atoms with Crippen LogP contribution in [0.15, 0.2) is 54.6 Å². The molecule has 0 radical (unpaired) electrons. The van der Waals surface area contributed by atoms with Gasteiger partial charge in [0.15, 0.2) is 5.11 Å². The Morgan fingerprint density at radius 2 is 1.77 bits per heavy atom. The molecule has 0 unspecified atom stereocenters. The fraction of sp³-hybridized carbons (Fsp3) is 0.417. The van der Waals surface area contributed by atoms with Gasteiger partial charge >= 0.3 is 0 Å². The SMILES string of the molecule is CC(C)COc1ccccc1C(=O)NC(=S)NC1CCN(Cc2ccccc2)CC1. The molecular formula is C24H31N3O2S. The topological polar surface area (TPSA) is 53.6 Å². The molecule has 160 valence electrons. The van der Waals surface area contributed by atoms with Crippen molar-refractivity contribution >= 4 is 23.2 Å². The molecule has 3 rings (SSSR count). The monoisotopic (exact) mass is 425 g/mol. The summed E-state index contributed by atoms with van der Waals surface area (Å²) < 4.78 is 5.78. The molecule has 0 atom stereocenters. The number of amides is 1. The molecule has 1 aliphatic rings. The van der Waals surface area contributed by atoms with Gasteiger partial charge in [0.25, 0.3) is 5.91 Å². The van der Waals surface area contributed by atoms with E-state index in [-0.39, 0.29) is 11.9 Å². The standard InChI is InChI=1S/C24H31N3O2S/c1-18(2)17-29-22-11-7-6-10-21(22)23(28)26-24(30)25-20-12-14-27(15-13-20)16-19-8-4-3-5-9-19/h3-11,18,20H,12-17H2,1-2H3,(H2,25,26,28,30). The van der Waals surface area contributed by atoms with E-state index in [1.54, 1.807) is 6.07 Å². The number of carbonyl (C=O) groups is 1. The highest BCUT2D eigenvalue weighted by Gasteiger charge is 2.21. The number of hydrogen-bond acceptors (Lipinski definition) is 4. The second-order valence-corrected chi connectivity index (χ2v) is 8.57. The molecule has 2 aromatic rings. The van der Waals surface area contributed by atoms with Crippen molar-refractivity contribution in [3.63, 3.8) is 0 Å². The molecule has 2 aromatic carbocycles. The van der Waals surface area contributed by atoms with E-state index in [1.165, 1.54) is 5.56 Å². The molecule has 1 amide bonds. The number of likely N-dealkylation sites (tertiary alicyclic amines) is 1. The molecular weight excluding hydrogens is 394 g/mol. The van der Waals surface area contributed by atoms with Crippen molar-refractivity contribution in [1.29, 1.82) is 0 Å². The molecule has 1 aliphatic heterocycles. The number of nitrogens with zero attached hydrogens (tertiary/aromatic N) is 1. The van der Waals surface area contributed by atoms with Crippen LogP contribution in [0.2, 0.25) is 0 Å². The van der Waals surface area contributed by atoms with E-state index in [1.807, 2.05) is 24.3 Å². The van der Waals surface area contributed by atoms with Crippen LogP contribution in [0.5, 0.6) is 5.75 Å². The molecule has 1 saturated heterocycles. The Bertz CT molecular complexity index is 833. The van der Waals surface area contributed by atoms with Gasteiger partial charge in [-0.15, -0.1) is 0 Å². The summed E-state index contributed by atoms with van der Waals surface area (Å²) in [6.45, 7) is 7.71. The average Bonchev–Trinajstić information content (AvgIpc) is 2.74. The van der Waals surface area contributed by atoms with Crippen molar-refractivity contribution in [1.82, 2.24) is 15.5 Å². The molecule has 2 N–H and O–H groups in total. The summed E-state index contributed by atoms with van der Waals surface area (Å²) in [6, 6.07) is 18.1. The minimum Gasteiger partial charge on any atom is -0.492 e. The Morgan fingerprint density at radius 1 is 1.10 bits per heavy atom. The molecule has 6 heteroatoms. The number of ether oxygens (including phenoxy) is 1. The Balaban J connectivity index is 1.45. The molecule has 1 fully saturated rings. The summed E-state index contributed by atoms with van der Waals surface area (Å²) in [5, 5.41) is 6.49. The number of nitrogens with one attached hydrogen (secondary N) is 2. The number of rotatable bonds is 7. The van der Waals surface area contributed by atoms with Gasteiger partial charge in [0.05, 0.1) is 12.2 Å². The molecule has 1 heterocycles. The third kappa shape index (κ3) is 6.82. The van der Waals surface area contributed by atoms with Crippen molar-refractivity contribution in [3.8, 4) is 5.75 Å². The van der Waals surface area contributed by atoms with E-state index < -0.39 is 0 Å².